The summed E-state index contributed by atoms with van der Waals surface area (Å²) in [6, 6.07) is 4.28. The number of aliphatic hydroxyl groups is 1. The second kappa shape index (κ2) is 6.32. The standard InChI is InChI=1S/C19H25N5O2/c25-11-17-13-7-12(16-4-1-5-18(26)24(16)17)8-23(9-13)10-15-14-3-2-6-20-19(14)22-21-15/h2-3,6,12-13,16-17,25H,1,4-5,7-11H2,(H,20,21,22)/t12-,13+,16+,17+/m1/s1. The molecule has 3 saturated heterocycles. The number of aromatic amines is 1. The van der Waals surface area contributed by atoms with Gasteiger partial charge in [-0.05, 0) is 43.2 Å². The first kappa shape index (κ1) is 16.2. The lowest BCUT2D eigenvalue weighted by Gasteiger charge is -2.56. The van der Waals surface area contributed by atoms with Gasteiger partial charge < -0.3 is 10.0 Å². The quantitative estimate of drug-likeness (QED) is 0.863. The van der Waals surface area contributed by atoms with E-state index in [0.717, 1.165) is 55.6 Å². The molecule has 2 bridgehead atoms. The van der Waals surface area contributed by atoms with E-state index in [4.69, 9.17) is 0 Å². The van der Waals surface area contributed by atoms with Gasteiger partial charge in [0.05, 0.1) is 18.3 Å². The first-order valence-corrected chi connectivity index (χ1v) is 9.67. The number of piperidine rings is 3. The van der Waals surface area contributed by atoms with Gasteiger partial charge in [0.1, 0.15) is 0 Å². The third kappa shape index (κ3) is 2.53. The lowest BCUT2D eigenvalue weighted by Crippen LogP contribution is -2.65. The Bertz CT molecular complexity index is 807. The predicted molar refractivity (Wildman–Crippen MR) is 96.1 cm³/mol. The number of likely N-dealkylation sites (tertiary alicyclic amines) is 1. The zero-order valence-corrected chi connectivity index (χ0v) is 14.8. The van der Waals surface area contributed by atoms with Crippen molar-refractivity contribution in [2.45, 2.75) is 44.3 Å². The van der Waals surface area contributed by atoms with Gasteiger partial charge in [0, 0.05) is 43.7 Å². The van der Waals surface area contributed by atoms with Gasteiger partial charge in [0.15, 0.2) is 5.65 Å². The first-order chi connectivity index (χ1) is 12.7. The van der Waals surface area contributed by atoms with E-state index in [2.05, 4.69) is 31.0 Å². The number of carbonyl (C=O) groups is 1. The lowest BCUT2D eigenvalue weighted by molar-refractivity contribution is -0.155. The van der Waals surface area contributed by atoms with Crippen molar-refractivity contribution >= 4 is 16.9 Å². The highest BCUT2D eigenvalue weighted by Gasteiger charge is 2.49. The van der Waals surface area contributed by atoms with Gasteiger partial charge in [0.2, 0.25) is 5.91 Å². The molecule has 7 heteroatoms. The Morgan fingerprint density at radius 3 is 3.08 bits per heavy atom. The van der Waals surface area contributed by atoms with Crippen molar-refractivity contribution in [1.29, 1.82) is 0 Å². The van der Waals surface area contributed by atoms with E-state index in [1.165, 1.54) is 0 Å². The highest BCUT2D eigenvalue weighted by molar-refractivity contribution is 5.78. The van der Waals surface area contributed by atoms with Crippen molar-refractivity contribution in [3.05, 3.63) is 24.0 Å². The van der Waals surface area contributed by atoms with Crippen LogP contribution in [0.3, 0.4) is 0 Å². The summed E-state index contributed by atoms with van der Waals surface area (Å²) in [6.45, 7) is 2.81. The van der Waals surface area contributed by atoms with Crippen LogP contribution in [0, 0.1) is 11.8 Å². The highest BCUT2D eigenvalue weighted by atomic mass is 16.3. The third-order valence-corrected chi connectivity index (χ3v) is 6.55. The summed E-state index contributed by atoms with van der Waals surface area (Å²) in [5.41, 5.74) is 1.86. The fraction of sp³-hybridized carbons (Fsp3) is 0.632. The van der Waals surface area contributed by atoms with Gasteiger partial charge in [0.25, 0.3) is 0 Å². The van der Waals surface area contributed by atoms with E-state index in [1.807, 2.05) is 6.07 Å². The SMILES string of the molecule is O=C1CCC[C@H]2[C@@H]3C[C@@H](CN(Cc4[nH]nc5ncccc45)C3)[C@H](CO)N12. The zero-order chi connectivity index (χ0) is 17.7. The molecular formula is C19H25N5O2. The van der Waals surface area contributed by atoms with Crippen LogP contribution >= 0.6 is 0 Å². The molecule has 2 aromatic rings. The number of rotatable bonds is 3. The minimum Gasteiger partial charge on any atom is -0.394 e. The summed E-state index contributed by atoms with van der Waals surface area (Å²) in [5, 5.41) is 18.5. The molecule has 1 amide bonds. The predicted octanol–water partition coefficient (Wildman–Crippen LogP) is 1.15. The fourth-order valence-corrected chi connectivity index (χ4v) is 5.48. The first-order valence-electron chi connectivity index (χ1n) is 9.67. The van der Waals surface area contributed by atoms with E-state index >= 15 is 0 Å². The van der Waals surface area contributed by atoms with Crippen molar-refractivity contribution in [3.8, 4) is 0 Å². The molecule has 138 valence electrons. The highest BCUT2D eigenvalue weighted by Crippen LogP contribution is 2.41. The third-order valence-electron chi connectivity index (χ3n) is 6.55. The number of hydrogen-bond acceptors (Lipinski definition) is 5. The Balaban J connectivity index is 1.39. The molecular weight excluding hydrogens is 330 g/mol. The van der Waals surface area contributed by atoms with Gasteiger partial charge in [-0.1, -0.05) is 0 Å². The minimum atomic E-state index is -0.0213. The maximum Gasteiger partial charge on any atom is 0.223 e. The van der Waals surface area contributed by atoms with Crippen molar-refractivity contribution in [2.24, 2.45) is 11.8 Å². The number of aromatic nitrogens is 3. The summed E-state index contributed by atoms with van der Waals surface area (Å²) < 4.78 is 0. The number of pyridine rings is 1. The average molecular weight is 355 g/mol. The van der Waals surface area contributed by atoms with Crippen LogP contribution in [0.15, 0.2) is 18.3 Å². The second-order valence-corrected chi connectivity index (χ2v) is 8.04. The topological polar surface area (TPSA) is 85.3 Å². The van der Waals surface area contributed by atoms with Crippen molar-refractivity contribution in [1.82, 2.24) is 25.0 Å². The Hall–Kier alpha value is -1.99. The Morgan fingerprint density at radius 1 is 1.31 bits per heavy atom. The number of nitrogens with zero attached hydrogens (tertiary/aromatic N) is 4. The van der Waals surface area contributed by atoms with Crippen LogP contribution in [0.5, 0.6) is 0 Å². The van der Waals surface area contributed by atoms with Crippen molar-refractivity contribution in [3.63, 3.8) is 0 Å². The largest absolute Gasteiger partial charge is 0.394 e. The van der Waals surface area contributed by atoms with E-state index < -0.39 is 0 Å². The van der Waals surface area contributed by atoms with E-state index in [1.54, 1.807) is 6.20 Å². The molecule has 0 saturated carbocycles. The summed E-state index contributed by atoms with van der Waals surface area (Å²) in [5.74, 6) is 1.10. The van der Waals surface area contributed by atoms with Crippen LogP contribution in [-0.2, 0) is 11.3 Å². The number of fused-ring (bicyclic) bond motifs is 5. The molecule has 2 aromatic heterocycles. The van der Waals surface area contributed by atoms with Gasteiger partial charge in [-0.25, -0.2) is 4.98 Å². The van der Waals surface area contributed by atoms with Crippen LogP contribution < -0.4 is 0 Å². The Labute approximate surface area is 152 Å². The summed E-state index contributed by atoms with van der Waals surface area (Å²) >= 11 is 0. The van der Waals surface area contributed by atoms with Crippen molar-refractivity contribution < 1.29 is 9.90 Å². The van der Waals surface area contributed by atoms with Crippen LogP contribution in [0.4, 0.5) is 0 Å². The van der Waals surface area contributed by atoms with Crippen molar-refractivity contribution in [2.75, 3.05) is 19.7 Å². The van der Waals surface area contributed by atoms with E-state index in [-0.39, 0.29) is 18.6 Å². The van der Waals surface area contributed by atoms with Gasteiger partial charge in [-0.2, -0.15) is 5.10 Å². The molecule has 5 heterocycles. The number of aliphatic hydroxyl groups excluding tert-OH is 1. The molecule has 7 nitrogen and oxygen atoms in total. The summed E-state index contributed by atoms with van der Waals surface area (Å²) in [4.78, 5) is 21.3. The molecule has 4 atom stereocenters. The van der Waals surface area contributed by atoms with Gasteiger partial charge in [-0.15, -0.1) is 0 Å². The molecule has 0 aliphatic carbocycles. The van der Waals surface area contributed by atoms with Crippen LogP contribution in [0.2, 0.25) is 0 Å². The van der Waals surface area contributed by atoms with E-state index in [9.17, 15) is 9.90 Å². The number of H-pyrrole nitrogens is 1. The Morgan fingerprint density at radius 2 is 2.19 bits per heavy atom. The molecule has 26 heavy (non-hydrogen) atoms. The molecule has 3 aliphatic heterocycles. The number of hydrogen-bond donors (Lipinski definition) is 2. The monoisotopic (exact) mass is 355 g/mol. The summed E-state index contributed by atoms with van der Waals surface area (Å²) in [7, 11) is 0. The molecule has 2 N–H and O–H groups in total. The Kier molecular flexibility index (Phi) is 3.94. The van der Waals surface area contributed by atoms with Crippen LogP contribution in [-0.4, -0.2) is 67.8 Å². The smallest absolute Gasteiger partial charge is 0.223 e. The minimum absolute atomic E-state index is 0.0213. The van der Waals surface area contributed by atoms with Gasteiger partial charge >= 0.3 is 0 Å². The molecule has 3 fully saturated rings. The number of nitrogens with one attached hydrogen (secondary N) is 1. The summed E-state index contributed by atoms with van der Waals surface area (Å²) in [6.07, 6.45) is 5.59. The maximum absolute atomic E-state index is 12.5. The molecule has 3 aliphatic rings. The fourth-order valence-electron chi connectivity index (χ4n) is 5.48. The van der Waals surface area contributed by atoms with Crippen LogP contribution in [0.1, 0.15) is 31.4 Å². The molecule has 0 aromatic carbocycles. The normalized spacial score (nSPS) is 32.0. The van der Waals surface area contributed by atoms with Gasteiger partial charge in [-0.3, -0.25) is 14.8 Å². The average Bonchev–Trinajstić information content (AvgIpc) is 3.06. The maximum atomic E-state index is 12.5. The van der Waals surface area contributed by atoms with Crippen LogP contribution in [0.25, 0.3) is 11.0 Å². The number of carbonyl (C=O) groups excluding carboxylic acids is 1. The molecule has 5 rings (SSSR count). The second-order valence-electron chi connectivity index (χ2n) is 8.04. The lowest BCUT2D eigenvalue weighted by atomic mass is 9.72. The zero-order valence-electron chi connectivity index (χ0n) is 14.8. The van der Waals surface area contributed by atoms with E-state index in [0.29, 0.717) is 24.3 Å². The molecule has 0 radical (unpaired) electrons. The molecule has 0 spiro atoms. The number of amides is 1. The molecule has 0 unspecified atom stereocenters.